The molecule has 0 aromatic carbocycles. The number of aromatic nitrogens is 1. The van der Waals surface area contributed by atoms with E-state index in [1.807, 2.05) is 40.9 Å². The lowest BCUT2D eigenvalue weighted by molar-refractivity contribution is -0.136. The van der Waals surface area contributed by atoms with Gasteiger partial charge in [-0.25, -0.2) is 0 Å². The number of amides is 2. The first-order valence-corrected chi connectivity index (χ1v) is 11.7. The van der Waals surface area contributed by atoms with Crippen molar-refractivity contribution < 1.29 is 9.59 Å². The van der Waals surface area contributed by atoms with Crippen molar-refractivity contribution in [3.8, 4) is 5.00 Å². The van der Waals surface area contributed by atoms with Gasteiger partial charge in [-0.3, -0.25) is 9.59 Å². The van der Waals surface area contributed by atoms with Gasteiger partial charge in [0.15, 0.2) is 0 Å². The van der Waals surface area contributed by atoms with Gasteiger partial charge in [-0.15, -0.1) is 11.3 Å². The Hall–Kier alpha value is -2.08. The second kappa shape index (κ2) is 8.74. The third-order valence-electron chi connectivity index (χ3n) is 6.47. The van der Waals surface area contributed by atoms with Crippen molar-refractivity contribution in [3.63, 3.8) is 0 Å². The number of piperidine rings is 1. The Labute approximate surface area is 177 Å². The molecule has 2 amide bonds. The Balaban J connectivity index is 1.44. The number of aryl methyl sites for hydroxylation is 1. The summed E-state index contributed by atoms with van der Waals surface area (Å²) in [6.45, 7) is 7.28. The largest absolute Gasteiger partial charge is 0.342 e. The number of likely N-dealkylation sites (tertiary alicyclic amines) is 2. The standard InChI is InChI=1S/C23H31N3O2S/c1-17-18(2)29-23(26-13-7-8-14-26)20(17)22(28)25-15-9-19(10-16-25)21(27)24-11-5-3-4-6-12-24/h7-8,13-14,19H,3-6,9-12,15-16H2,1-2H3. The number of hydrogen-bond acceptors (Lipinski definition) is 3. The van der Waals surface area contributed by atoms with Crippen LogP contribution in [0.5, 0.6) is 0 Å². The van der Waals surface area contributed by atoms with Gasteiger partial charge < -0.3 is 14.4 Å². The molecule has 0 atom stereocenters. The third-order valence-corrected chi connectivity index (χ3v) is 7.69. The fourth-order valence-corrected chi connectivity index (χ4v) is 5.66. The van der Waals surface area contributed by atoms with Gasteiger partial charge in [0.25, 0.3) is 5.91 Å². The van der Waals surface area contributed by atoms with Gasteiger partial charge in [0.1, 0.15) is 5.00 Å². The number of hydrogen-bond donors (Lipinski definition) is 0. The lowest BCUT2D eigenvalue weighted by Crippen LogP contribution is -2.44. The van der Waals surface area contributed by atoms with E-state index < -0.39 is 0 Å². The highest BCUT2D eigenvalue weighted by Gasteiger charge is 2.32. The fourth-order valence-electron chi connectivity index (χ4n) is 4.55. The summed E-state index contributed by atoms with van der Waals surface area (Å²) in [4.78, 5) is 31.5. The predicted octanol–water partition coefficient (Wildman–Crippen LogP) is 4.41. The van der Waals surface area contributed by atoms with Crippen LogP contribution in [0.15, 0.2) is 24.5 Å². The highest BCUT2D eigenvalue weighted by molar-refractivity contribution is 7.15. The Morgan fingerprint density at radius 3 is 2.14 bits per heavy atom. The molecule has 0 spiro atoms. The SMILES string of the molecule is Cc1sc(-n2cccc2)c(C(=O)N2CCC(C(=O)N3CCCCCC3)CC2)c1C. The number of rotatable bonds is 3. The molecule has 2 aliphatic rings. The quantitative estimate of drug-likeness (QED) is 0.748. The Morgan fingerprint density at radius 1 is 0.897 bits per heavy atom. The molecular formula is C23H31N3O2S. The lowest BCUT2D eigenvalue weighted by atomic mass is 9.94. The molecule has 29 heavy (non-hydrogen) atoms. The van der Waals surface area contributed by atoms with Crippen LogP contribution in [0.25, 0.3) is 5.00 Å². The van der Waals surface area contributed by atoms with Crippen molar-refractivity contribution in [1.29, 1.82) is 0 Å². The van der Waals surface area contributed by atoms with Crippen molar-refractivity contribution >= 4 is 23.2 Å². The van der Waals surface area contributed by atoms with Gasteiger partial charge >= 0.3 is 0 Å². The molecule has 0 radical (unpaired) electrons. The molecule has 2 aliphatic heterocycles. The minimum absolute atomic E-state index is 0.0753. The van der Waals surface area contributed by atoms with Crippen LogP contribution in [0.2, 0.25) is 0 Å². The van der Waals surface area contributed by atoms with E-state index in [1.54, 1.807) is 11.3 Å². The Kier molecular flexibility index (Phi) is 6.09. The minimum atomic E-state index is 0.0753. The van der Waals surface area contributed by atoms with Gasteiger partial charge in [0.2, 0.25) is 5.91 Å². The van der Waals surface area contributed by atoms with Gasteiger partial charge in [-0.05, 0) is 57.2 Å². The maximum atomic E-state index is 13.4. The summed E-state index contributed by atoms with van der Waals surface area (Å²) in [7, 11) is 0. The van der Waals surface area contributed by atoms with E-state index >= 15 is 0 Å². The molecule has 4 heterocycles. The highest BCUT2D eigenvalue weighted by Crippen LogP contribution is 2.33. The highest BCUT2D eigenvalue weighted by atomic mass is 32.1. The van der Waals surface area contributed by atoms with Crippen molar-refractivity contribution in [1.82, 2.24) is 14.4 Å². The molecule has 4 rings (SSSR count). The van der Waals surface area contributed by atoms with Gasteiger partial charge in [0, 0.05) is 49.4 Å². The van der Waals surface area contributed by atoms with Crippen LogP contribution in [0, 0.1) is 19.8 Å². The van der Waals surface area contributed by atoms with E-state index in [4.69, 9.17) is 0 Å². The predicted molar refractivity (Wildman–Crippen MR) is 117 cm³/mol. The zero-order chi connectivity index (χ0) is 20.4. The van der Waals surface area contributed by atoms with Crippen molar-refractivity contribution in [2.24, 2.45) is 5.92 Å². The minimum Gasteiger partial charge on any atom is -0.342 e. The van der Waals surface area contributed by atoms with E-state index in [0.717, 1.165) is 54.9 Å². The summed E-state index contributed by atoms with van der Waals surface area (Å²) >= 11 is 1.67. The van der Waals surface area contributed by atoms with Crippen LogP contribution in [0.4, 0.5) is 0 Å². The van der Waals surface area contributed by atoms with Crippen LogP contribution >= 0.6 is 11.3 Å². The molecule has 0 N–H and O–H groups in total. The molecule has 0 bridgehead atoms. The van der Waals surface area contributed by atoms with Crippen molar-refractivity contribution in [2.75, 3.05) is 26.2 Å². The molecule has 0 aliphatic carbocycles. The molecule has 2 aromatic heterocycles. The van der Waals surface area contributed by atoms with E-state index in [9.17, 15) is 9.59 Å². The number of nitrogens with zero attached hydrogens (tertiary/aromatic N) is 3. The monoisotopic (exact) mass is 413 g/mol. The van der Waals surface area contributed by atoms with Crippen LogP contribution in [-0.2, 0) is 4.79 Å². The van der Waals surface area contributed by atoms with Crippen LogP contribution in [0.3, 0.4) is 0 Å². The number of thiophene rings is 1. The van der Waals surface area contributed by atoms with Gasteiger partial charge in [-0.2, -0.15) is 0 Å². The van der Waals surface area contributed by atoms with E-state index in [1.165, 1.54) is 17.7 Å². The average Bonchev–Trinajstić information content (AvgIpc) is 3.27. The summed E-state index contributed by atoms with van der Waals surface area (Å²) < 4.78 is 2.04. The third kappa shape index (κ3) is 4.13. The topological polar surface area (TPSA) is 45.6 Å². The molecule has 156 valence electrons. The Bertz CT molecular complexity index is 855. The second-order valence-corrected chi connectivity index (χ2v) is 9.56. The summed E-state index contributed by atoms with van der Waals surface area (Å²) in [5, 5.41) is 0.998. The molecule has 5 nitrogen and oxygen atoms in total. The molecule has 2 fully saturated rings. The molecule has 6 heteroatoms. The molecule has 2 saturated heterocycles. The second-order valence-electron chi connectivity index (χ2n) is 8.36. The number of carbonyl (C=O) groups is 2. The molecule has 0 unspecified atom stereocenters. The molecule has 2 aromatic rings. The molecular weight excluding hydrogens is 382 g/mol. The zero-order valence-electron chi connectivity index (χ0n) is 17.5. The first-order valence-electron chi connectivity index (χ1n) is 10.9. The first kappa shape index (κ1) is 20.2. The summed E-state index contributed by atoms with van der Waals surface area (Å²) in [6.07, 6.45) is 10.3. The maximum absolute atomic E-state index is 13.4. The van der Waals surface area contributed by atoms with Gasteiger partial charge in [-0.1, -0.05) is 12.8 Å². The van der Waals surface area contributed by atoms with E-state index in [-0.39, 0.29) is 11.8 Å². The zero-order valence-corrected chi connectivity index (χ0v) is 18.3. The summed E-state index contributed by atoms with van der Waals surface area (Å²) in [5.74, 6) is 0.497. The first-order chi connectivity index (χ1) is 14.1. The van der Waals surface area contributed by atoms with E-state index in [0.29, 0.717) is 19.0 Å². The number of carbonyl (C=O) groups excluding carboxylic acids is 2. The van der Waals surface area contributed by atoms with Crippen LogP contribution in [-0.4, -0.2) is 52.4 Å². The van der Waals surface area contributed by atoms with E-state index in [2.05, 4.69) is 11.8 Å². The lowest BCUT2D eigenvalue weighted by Gasteiger charge is -2.34. The van der Waals surface area contributed by atoms with Crippen molar-refractivity contribution in [2.45, 2.75) is 52.4 Å². The van der Waals surface area contributed by atoms with Crippen molar-refractivity contribution in [3.05, 3.63) is 40.5 Å². The fraction of sp³-hybridized carbons (Fsp3) is 0.565. The maximum Gasteiger partial charge on any atom is 0.257 e. The summed E-state index contributed by atoms with van der Waals surface area (Å²) in [6, 6.07) is 3.97. The average molecular weight is 414 g/mol. The van der Waals surface area contributed by atoms with Gasteiger partial charge in [0.05, 0.1) is 5.56 Å². The normalized spacial score (nSPS) is 18.7. The van der Waals surface area contributed by atoms with Crippen LogP contribution < -0.4 is 0 Å². The molecule has 0 saturated carbocycles. The Morgan fingerprint density at radius 2 is 1.52 bits per heavy atom. The smallest absolute Gasteiger partial charge is 0.257 e. The van der Waals surface area contributed by atoms with Crippen LogP contribution in [0.1, 0.15) is 59.3 Å². The summed E-state index contributed by atoms with van der Waals surface area (Å²) in [5.41, 5.74) is 1.90.